The second-order valence-electron chi connectivity index (χ2n) is 7.35. The number of hydrogen-bond donors (Lipinski definition) is 1. The van der Waals surface area contributed by atoms with E-state index in [0.717, 1.165) is 24.9 Å². The van der Waals surface area contributed by atoms with Gasteiger partial charge in [0.1, 0.15) is 0 Å². The molecule has 4 rings (SSSR count). The van der Waals surface area contributed by atoms with Gasteiger partial charge in [-0.3, -0.25) is 19.5 Å². The summed E-state index contributed by atoms with van der Waals surface area (Å²) in [5, 5.41) is 3.33. The van der Waals surface area contributed by atoms with Crippen molar-refractivity contribution in [3.05, 3.63) is 80.4 Å². The average molecular weight is 377 g/mol. The maximum Gasteiger partial charge on any atom is 0.273 e. The Labute approximate surface area is 162 Å². The number of carbonyl (C=O) groups excluding carboxylic acids is 1. The van der Waals surface area contributed by atoms with Gasteiger partial charge in [0.25, 0.3) is 11.1 Å². The molecule has 6 heteroatoms. The average Bonchev–Trinajstić information content (AvgIpc) is 3.20. The van der Waals surface area contributed by atoms with Crippen LogP contribution in [-0.4, -0.2) is 27.1 Å². The molecule has 0 radical (unpaired) electrons. The molecule has 144 valence electrons. The minimum absolute atomic E-state index is 0.00369. The van der Waals surface area contributed by atoms with Crippen LogP contribution in [-0.2, 0) is 11.3 Å². The topological polar surface area (TPSA) is 75.2 Å². The quantitative estimate of drug-likeness (QED) is 0.760. The summed E-state index contributed by atoms with van der Waals surface area (Å²) in [6.45, 7) is 2.93. The number of nitrogens with zero attached hydrogens (tertiary/aromatic N) is 2. The van der Waals surface area contributed by atoms with Gasteiger partial charge in [-0.05, 0) is 37.5 Å². The Morgan fingerprint density at radius 1 is 1.07 bits per heavy atom. The van der Waals surface area contributed by atoms with Crippen LogP contribution < -0.4 is 11.1 Å². The van der Waals surface area contributed by atoms with Crippen molar-refractivity contribution in [1.82, 2.24) is 14.7 Å². The molecule has 2 aromatic carbocycles. The van der Waals surface area contributed by atoms with E-state index in [-0.39, 0.29) is 36.0 Å². The lowest BCUT2D eigenvalue weighted by molar-refractivity contribution is -0.132. The van der Waals surface area contributed by atoms with Crippen LogP contribution in [0.3, 0.4) is 0 Å². The van der Waals surface area contributed by atoms with E-state index in [2.05, 4.69) is 29.4 Å². The second-order valence-corrected chi connectivity index (χ2v) is 7.35. The van der Waals surface area contributed by atoms with Gasteiger partial charge < -0.3 is 4.90 Å². The maximum atomic E-state index is 12.8. The minimum Gasteiger partial charge on any atom is -0.336 e. The first-order chi connectivity index (χ1) is 13.5. The highest BCUT2D eigenvalue weighted by Gasteiger charge is 2.29. The Morgan fingerprint density at radius 3 is 2.54 bits per heavy atom. The van der Waals surface area contributed by atoms with Gasteiger partial charge in [0.2, 0.25) is 5.91 Å². The van der Waals surface area contributed by atoms with E-state index in [4.69, 9.17) is 0 Å². The highest BCUT2D eigenvalue weighted by Crippen LogP contribution is 2.32. The first-order valence-electron chi connectivity index (χ1n) is 9.62. The predicted molar refractivity (Wildman–Crippen MR) is 108 cm³/mol. The molecular weight excluding hydrogens is 354 g/mol. The zero-order valence-corrected chi connectivity index (χ0v) is 15.9. The summed E-state index contributed by atoms with van der Waals surface area (Å²) in [6.07, 6.45) is 2.09. The van der Waals surface area contributed by atoms with E-state index in [0.29, 0.717) is 10.8 Å². The standard InChI is InChI=1S/C22H23N3O3/c1-15-8-10-16(11-9-15)19-7-4-13-24(19)20(26)12-14-25-22(28)18-6-3-2-5-17(18)21(27)23-25/h2-3,5-6,8-11,19H,4,7,12-14H2,1H3,(H,23,27). The van der Waals surface area contributed by atoms with Crippen LogP contribution in [0.4, 0.5) is 0 Å². The number of aromatic nitrogens is 2. The zero-order chi connectivity index (χ0) is 19.7. The monoisotopic (exact) mass is 377 g/mol. The third-order valence-corrected chi connectivity index (χ3v) is 5.47. The molecule has 3 aromatic rings. The molecular formula is C22H23N3O3. The molecule has 0 spiro atoms. The van der Waals surface area contributed by atoms with E-state index in [9.17, 15) is 14.4 Å². The Balaban J connectivity index is 1.52. The molecule has 1 aromatic heterocycles. The predicted octanol–water partition coefficient (Wildman–Crippen LogP) is 2.75. The first kappa shape index (κ1) is 18.2. The molecule has 1 N–H and O–H groups in total. The molecule has 0 saturated carbocycles. The summed E-state index contributed by atoms with van der Waals surface area (Å²) in [5.74, 6) is 0.00369. The lowest BCUT2D eigenvalue weighted by Crippen LogP contribution is -2.34. The van der Waals surface area contributed by atoms with Gasteiger partial charge in [0, 0.05) is 13.0 Å². The molecule has 1 atom stereocenters. The number of likely N-dealkylation sites (tertiary alicyclic amines) is 1. The van der Waals surface area contributed by atoms with Crippen molar-refractivity contribution < 1.29 is 4.79 Å². The fourth-order valence-corrected chi connectivity index (χ4v) is 3.96. The normalized spacial score (nSPS) is 16.6. The number of H-pyrrole nitrogens is 1. The molecule has 1 aliphatic heterocycles. The Kier molecular flexibility index (Phi) is 4.86. The van der Waals surface area contributed by atoms with Crippen molar-refractivity contribution >= 4 is 16.7 Å². The molecule has 28 heavy (non-hydrogen) atoms. The van der Waals surface area contributed by atoms with Gasteiger partial charge in [-0.15, -0.1) is 0 Å². The van der Waals surface area contributed by atoms with E-state index in [1.165, 1.54) is 10.2 Å². The number of rotatable bonds is 4. The van der Waals surface area contributed by atoms with E-state index in [1.54, 1.807) is 24.3 Å². The van der Waals surface area contributed by atoms with Gasteiger partial charge in [-0.2, -0.15) is 0 Å². The summed E-state index contributed by atoms with van der Waals surface area (Å²) in [4.78, 5) is 39.6. The number of amides is 1. The van der Waals surface area contributed by atoms with Crippen LogP contribution in [0.25, 0.3) is 10.8 Å². The van der Waals surface area contributed by atoms with E-state index >= 15 is 0 Å². The lowest BCUT2D eigenvalue weighted by atomic mass is 10.0. The van der Waals surface area contributed by atoms with Gasteiger partial charge in [0.15, 0.2) is 0 Å². The van der Waals surface area contributed by atoms with Crippen LogP contribution in [0.5, 0.6) is 0 Å². The fraction of sp³-hybridized carbons (Fsp3) is 0.318. The van der Waals surface area contributed by atoms with Crippen LogP contribution in [0.15, 0.2) is 58.1 Å². The third-order valence-electron chi connectivity index (χ3n) is 5.47. The fourth-order valence-electron chi connectivity index (χ4n) is 3.96. The van der Waals surface area contributed by atoms with Crippen LogP contribution in [0.2, 0.25) is 0 Å². The number of fused-ring (bicyclic) bond motifs is 1. The van der Waals surface area contributed by atoms with E-state index in [1.807, 2.05) is 11.8 Å². The molecule has 1 fully saturated rings. The lowest BCUT2D eigenvalue weighted by Gasteiger charge is -2.25. The molecule has 0 bridgehead atoms. The second kappa shape index (κ2) is 7.46. The number of carbonyl (C=O) groups is 1. The van der Waals surface area contributed by atoms with Crippen molar-refractivity contribution in [3.63, 3.8) is 0 Å². The summed E-state index contributed by atoms with van der Waals surface area (Å²) in [5.41, 5.74) is 1.74. The SMILES string of the molecule is Cc1ccc(C2CCCN2C(=O)CCn2[nH]c(=O)c3ccccc3c2=O)cc1. The summed E-state index contributed by atoms with van der Waals surface area (Å²) >= 11 is 0. The molecule has 1 unspecified atom stereocenters. The third kappa shape index (κ3) is 3.38. The number of hydrogen-bond acceptors (Lipinski definition) is 3. The maximum absolute atomic E-state index is 12.8. The summed E-state index contributed by atoms with van der Waals surface area (Å²) in [6, 6.07) is 15.1. The zero-order valence-electron chi connectivity index (χ0n) is 15.9. The van der Waals surface area contributed by atoms with E-state index < -0.39 is 0 Å². The molecule has 1 aliphatic rings. The van der Waals surface area contributed by atoms with Crippen molar-refractivity contribution in [3.8, 4) is 0 Å². The molecule has 1 saturated heterocycles. The molecule has 2 heterocycles. The summed E-state index contributed by atoms with van der Waals surface area (Å²) in [7, 11) is 0. The van der Waals surface area contributed by atoms with Gasteiger partial charge >= 0.3 is 0 Å². The smallest absolute Gasteiger partial charge is 0.273 e. The van der Waals surface area contributed by atoms with Crippen molar-refractivity contribution in [2.75, 3.05) is 6.54 Å². The van der Waals surface area contributed by atoms with Crippen molar-refractivity contribution in [1.29, 1.82) is 0 Å². The molecule has 6 nitrogen and oxygen atoms in total. The van der Waals surface area contributed by atoms with Gasteiger partial charge in [0.05, 0.1) is 23.4 Å². The van der Waals surface area contributed by atoms with Crippen molar-refractivity contribution in [2.45, 2.75) is 38.8 Å². The number of aromatic amines is 1. The molecule has 1 amide bonds. The van der Waals surface area contributed by atoms with Crippen LogP contribution >= 0.6 is 0 Å². The van der Waals surface area contributed by atoms with Crippen LogP contribution in [0.1, 0.15) is 36.4 Å². The Bertz CT molecular complexity index is 1130. The minimum atomic E-state index is -0.318. The van der Waals surface area contributed by atoms with Gasteiger partial charge in [-0.1, -0.05) is 42.0 Å². The molecule has 0 aliphatic carbocycles. The highest BCUT2D eigenvalue weighted by atomic mass is 16.2. The van der Waals surface area contributed by atoms with Gasteiger partial charge in [-0.25, -0.2) is 4.68 Å². The van der Waals surface area contributed by atoms with Crippen LogP contribution in [0, 0.1) is 6.92 Å². The van der Waals surface area contributed by atoms with Crippen molar-refractivity contribution in [2.24, 2.45) is 0 Å². The number of nitrogens with one attached hydrogen (secondary N) is 1. The first-order valence-corrected chi connectivity index (χ1v) is 9.62. The Hall–Kier alpha value is -3.15. The summed E-state index contributed by atoms with van der Waals surface area (Å²) < 4.78 is 1.25. The largest absolute Gasteiger partial charge is 0.336 e. The highest BCUT2D eigenvalue weighted by molar-refractivity contribution is 5.80. The number of aryl methyl sites for hydroxylation is 2. The Morgan fingerprint density at radius 2 is 1.79 bits per heavy atom. The number of benzene rings is 2.